The van der Waals surface area contributed by atoms with E-state index in [0.717, 1.165) is 6.42 Å². The first-order valence-electron chi connectivity index (χ1n) is 5.40. The van der Waals surface area contributed by atoms with Gasteiger partial charge in [-0.1, -0.05) is 27.2 Å². The molecule has 14 heavy (non-hydrogen) atoms. The molecule has 0 saturated heterocycles. The largest absolute Gasteiger partial charge is 0.462 e. The number of rotatable bonds is 6. The van der Waals surface area contributed by atoms with E-state index in [-0.39, 0.29) is 18.0 Å². The van der Waals surface area contributed by atoms with Gasteiger partial charge >= 0.3 is 5.97 Å². The van der Waals surface area contributed by atoms with E-state index in [1.54, 1.807) is 0 Å². The fraction of sp³-hybridized carbons (Fsp3) is 0.909. The van der Waals surface area contributed by atoms with Crippen molar-refractivity contribution in [2.45, 2.75) is 46.6 Å². The maximum absolute atomic E-state index is 11.4. The first-order valence-corrected chi connectivity index (χ1v) is 5.40. The first kappa shape index (κ1) is 13.4. The number of esters is 1. The summed E-state index contributed by atoms with van der Waals surface area (Å²) >= 11 is 0. The molecule has 0 amide bonds. The lowest BCUT2D eigenvalue weighted by Crippen LogP contribution is -2.24. The van der Waals surface area contributed by atoms with Gasteiger partial charge in [0.05, 0.1) is 0 Å². The lowest BCUT2D eigenvalue weighted by molar-refractivity contribution is -0.151. The number of carbonyl (C=O) groups is 1. The molecule has 0 aliphatic carbocycles. The maximum Gasteiger partial charge on any atom is 0.306 e. The molecule has 2 N–H and O–H groups in total. The van der Waals surface area contributed by atoms with Gasteiger partial charge in [-0.05, 0) is 25.3 Å². The number of hydrogen-bond donors (Lipinski definition) is 1. The van der Waals surface area contributed by atoms with E-state index < -0.39 is 0 Å². The monoisotopic (exact) mass is 201 g/mol. The van der Waals surface area contributed by atoms with Crippen molar-refractivity contribution in [2.75, 3.05) is 6.54 Å². The SMILES string of the molecule is CCC(CN)CC(=O)OC(C)C(C)C. The standard InChI is InChI=1S/C11H23NO2/c1-5-10(7-12)6-11(13)14-9(4)8(2)3/h8-10H,5-7,12H2,1-4H3. The number of nitrogens with two attached hydrogens (primary N) is 1. The third kappa shape index (κ3) is 5.22. The zero-order valence-electron chi connectivity index (χ0n) is 9.75. The molecule has 0 aromatic heterocycles. The van der Waals surface area contributed by atoms with Gasteiger partial charge in [0.25, 0.3) is 0 Å². The minimum absolute atomic E-state index is 0.00205. The van der Waals surface area contributed by atoms with Crippen molar-refractivity contribution in [3.05, 3.63) is 0 Å². The zero-order valence-corrected chi connectivity index (χ0v) is 9.75. The van der Waals surface area contributed by atoms with Gasteiger partial charge in [0.1, 0.15) is 6.10 Å². The van der Waals surface area contributed by atoms with Gasteiger partial charge in [0.15, 0.2) is 0 Å². The molecule has 0 spiro atoms. The Labute approximate surface area is 87.0 Å². The summed E-state index contributed by atoms with van der Waals surface area (Å²) in [5.74, 6) is 0.516. The van der Waals surface area contributed by atoms with Crippen LogP contribution < -0.4 is 5.73 Å². The van der Waals surface area contributed by atoms with Gasteiger partial charge in [0.2, 0.25) is 0 Å². The fourth-order valence-electron chi connectivity index (χ4n) is 1.02. The van der Waals surface area contributed by atoms with Crippen LogP contribution in [0.25, 0.3) is 0 Å². The summed E-state index contributed by atoms with van der Waals surface area (Å²) in [6, 6.07) is 0. The van der Waals surface area contributed by atoms with Crippen molar-refractivity contribution in [2.24, 2.45) is 17.6 Å². The summed E-state index contributed by atoms with van der Waals surface area (Å²) in [4.78, 5) is 11.4. The van der Waals surface area contributed by atoms with Gasteiger partial charge < -0.3 is 10.5 Å². The number of hydrogen-bond acceptors (Lipinski definition) is 3. The van der Waals surface area contributed by atoms with Crippen molar-refractivity contribution in [1.29, 1.82) is 0 Å². The van der Waals surface area contributed by atoms with Gasteiger partial charge in [-0.2, -0.15) is 0 Å². The van der Waals surface area contributed by atoms with Crippen LogP contribution in [0.3, 0.4) is 0 Å². The average Bonchev–Trinajstić information content (AvgIpc) is 2.13. The molecule has 0 aliphatic heterocycles. The van der Waals surface area contributed by atoms with E-state index in [4.69, 9.17) is 10.5 Å². The Balaban J connectivity index is 3.85. The Morgan fingerprint density at radius 1 is 1.36 bits per heavy atom. The third-order valence-electron chi connectivity index (χ3n) is 2.62. The fourth-order valence-corrected chi connectivity index (χ4v) is 1.02. The maximum atomic E-state index is 11.4. The number of ether oxygens (including phenoxy) is 1. The van der Waals surface area contributed by atoms with Crippen molar-refractivity contribution < 1.29 is 9.53 Å². The molecule has 0 aliphatic rings. The molecule has 2 unspecified atom stereocenters. The molecule has 0 aromatic carbocycles. The topological polar surface area (TPSA) is 52.3 Å². The van der Waals surface area contributed by atoms with Crippen molar-refractivity contribution >= 4 is 5.97 Å². The highest BCUT2D eigenvalue weighted by molar-refractivity contribution is 5.69. The summed E-state index contributed by atoms with van der Waals surface area (Å²) < 4.78 is 5.25. The van der Waals surface area contributed by atoms with E-state index >= 15 is 0 Å². The Bertz CT molecular complexity index is 159. The summed E-state index contributed by atoms with van der Waals surface area (Å²) in [7, 11) is 0. The lowest BCUT2D eigenvalue weighted by atomic mass is 10.0. The predicted molar refractivity (Wildman–Crippen MR) is 57.8 cm³/mol. The zero-order chi connectivity index (χ0) is 11.1. The van der Waals surface area contributed by atoms with Crippen molar-refractivity contribution in [3.63, 3.8) is 0 Å². The smallest absolute Gasteiger partial charge is 0.306 e. The van der Waals surface area contributed by atoms with E-state index in [9.17, 15) is 4.79 Å². The molecule has 3 heteroatoms. The highest BCUT2D eigenvalue weighted by atomic mass is 16.5. The molecule has 2 atom stereocenters. The van der Waals surface area contributed by atoms with Gasteiger partial charge in [-0.3, -0.25) is 4.79 Å². The Morgan fingerprint density at radius 3 is 2.29 bits per heavy atom. The number of carbonyl (C=O) groups excluding carboxylic acids is 1. The molecular weight excluding hydrogens is 178 g/mol. The van der Waals surface area contributed by atoms with Gasteiger partial charge in [-0.15, -0.1) is 0 Å². The van der Waals surface area contributed by atoms with Crippen LogP contribution in [0.1, 0.15) is 40.5 Å². The van der Waals surface area contributed by atoms with Gasteiger partial charge in [-0.25, -0.2) is 0 Å². The van der Waals surface area contributed by atoms with Crippen LogP contribution in [0.5, 0.6) is 0 Å². The minimum atomic E-state index is -0.122. The summed E-state index contributed by atoms with van der Waals surface area (Å²) in [5.41, 5.74) is 5.51. The molecule has 0 heterocycles. The second-order valence-electron chi connectivity index (χ2n) is 4.15. The van der Waals surface area contributed by atoms with E-state index in [0.29, 0.717) is 18.9 Å². The molecule has 84 valence electrons. The quantitative estimate of drug-likeness (QED) is 0.668. The predicted octanol–water partition coefficient (Wildman–Crippen LogP) is 1.95. The van der Waals surface area contributed by atoms with Crippen molar-refractivity contribution in [1.82, 2.24) is 0 Å². The van der Waals surface area contributed by atoms with Crippen LogP contribution in [0.4, 0.5) is 0 Å². The highest BCUT2D eigenvalue weighted by Crippen LogP contribution is 2.11. The van der Waals surface area contributed by atoms with Crippen LogP contribution in [0, 0.1) is 11.8 Å². The average molecular weight is 201 g/mol. The van der Waals surface area contributed by atoms with Crippen molar-refractivity contribution in [3.8, 4) is 0 Å². The highest BCUT2D eigenvalue weighted by Gasteiger charge is 2.16. The van der Waals surface area contributed by atoms with E-state index in [1.807, 2.05) is 27.7 Å². The summed E-state index contributed by atoms with van der Waals surface area (Å²) in [6.45, 7) is 8.60. The van der Waals surface area contributed by atoms with Crippen LogP contribution in [0.15, 0.2) is 0 Å². The Kier molecular flexibility index (Phi) is 6.54. The van der Waals surface area contributed by atoms with E-state index in [2.05, 4.69) is 0 Å². The third-order valence-corrected chi connectivity index (χ3v) is 2.62. The molecule has 0 bridgehead atoms. The Morgan fingerprint density at radius 2 is 1.93 bits per heavy atom. The second-order valence-corrected chi connectivity index (χ2v) is 4.15. The molecule has 0 radical (unpaired) electrons. The summed E-state index contributed by atoms with van der Waals surface area (Å²) in [5, 5.41) is 0. The van der Waals surface area contributed by atoms with E-state index in [1.165, 1.54) is 0 Å². The molecule has 3 nitrogen and oxygen atoms in total. The molecular formula is C11H23NO2. The first-order chi connectivity index (χ1) is 6.51. The van der Waals surface area contributed by atoms with Crippen LogP contribution in [-0.4, -0.2) is 18.6 Å². The van der Waals surface area contributed by atoms with Crippen LogP contribution >= 0.6 is 0 Å². The second kappa shape index (κ2) is 6.82. The van der Waals surface area contributed by atoms with Crippen LogP contribution in [-0.2, 0) is 9.53 Å². The molecule has 0 fully saturated rings. The molecule has 0 rings (SSSR count). The normalized spacial score (nSPS) is 15.3. The minimum Gasteiger partial charge on any atom is -0.462 e. The summed E-state index contributed by atoms with van der Waals surface area (Å²) in [6.07, 6.45) is 1.38. The molecule has 0 saturated carbocycles. The molecule has 0 aromatic rings. The Hall–Kier alpha value is -0.570. The lowest BCUT2D eigenvalue weighted by Gasteiger charge is -2.18. The van der Waals surface area contributed by atoms with Crippen LogP contribution in [0.2, 0.25) is 0 Å². The van der Waals surface area contributed by atoms with Gasteiger partial charge in [0, 0.05) is 6.42 Å².